The maximum absolute atomic E-state index is 12.2. The molecule has 9 nitrogen and oxygen atoms in total. The number of aliphatic hydroxyl groups is 2. The van der Waals surface area contributed by atoms with Crippen LogP contribution in [0.25, 0.3) is 22.4 Å². The van der Waals surface area contributed by atoms with Crippen molar-refractivity contribution in [2.75, 3.05) is 33.0 Å². The summed E-state index contributed by atoms with van der Waals surface area (Å²) in [6.45, 7) is 6.23. The zero-order valence-corrected chi connectivity index (χ0v) is 25.0. The second kappa shape index (κ2) is 13.7. The first-order valence-electron chi connectivity index (χ1n) is 14.6. The third-order valence-electron chi connectivity index (χ3n) is 7.50. The lowest BCUT2D eigenvalue weighted by Crippen LogP contribution is -2.43. The number of rotatable bonds is 13. The van der Waals surface area contributed by atoms with Gasteiger partial charge in [0, 0.05) is 6.54 Å². The number of nitrogens with one attached hydrogen (secondary N) is 1. The van der Waals surface area contributed by atoms with Crippen LogP contribution in [0.15, 0.2) is 36.4 Å². The van der Waals surface area contributed by atoms with Crippen LogP contribution in [0, 0.1) is 5.41 Å². The van der Waals surface area contributed by atoms with E-state index in [2.05, 4.69) is 47.8 Å². The summed E-state index contributed by atoms with van der Waals surface area (Å²) in [7, 11) is 0. The Hall–Kier alpha value is -3.40. The molecule has 2 aromatic rings. The molecule has 2 unspecified atom stereocenters. The number of ether oxygens (including phenoxy) is 4. The lowest BCUT2D eigenvalue weighted by Gasteiger charge is -2.31. The Balaban J connectivity index is 1.17. The minimum Gasteiger partial charge on any atom is -0.444 e. The van der Waals surface area contributed by atoms with Gasteiger partial charge in [0.05, 0.1) is 25.2 Å². The zero-order chi connectivity index (χ0) is 30.3. The summed E-state index contributed by atoms with van der Waals surface area (Å²) < 4.78 is 20.8. The second-order valence-corrected chi connectivity index (χ2v) is 12.2. The quantitative estimate of drug-likeness (QED) is 0.160. The van der Waals surface area contributed by atoms with Gasteiger partial charge in [-0.25, -0.2) is 9.59 Å². The van der Waals surface area contributed by atoms with Crippen LogP contribution in [0.2, 0.25) is 0 Å². The molecular formula is C33H43NO8. The molecule has 2 aliphatic carbocycles. The van der Waals surface area contributed by atoms with E-state index < -0.39 is 36.2 Å². The molecule has 9 heteroatoms. The predicted octanol–water partition coefficient (Wildman–Crippen LogP) is 5.53. The lowest BCUT2D eigenvalue weighted by molar-refractivity contribution is -0.193. The van der Waals surface area contributed by atoms with Crippen molar-refractivity contribution in [1.29, 1.82) is 0 Å². The highest BCUT2D eigenvalue weighted by Crippen LogP contribution is 2.41. The molecule has 0 aliphatic heterocycles. The number of amides is 1. The number of hydrogen-bond acceptors (Lipinski definition) is 8. The first-order valence-corrected chi connectivity index (χ1v) is 14.6. The predicted molar refractivity (Wildman–Crippen MR) is 161 cm³/mol. The molecule has 42 heavy (non-hydrogen) atoms. The van der Waals surface area contributed by atoms with Crippen molar-refractivity contribution in [2.45, 2.75) is 71.7 Å². The van der Waals surface area contributed by atoms with Crippen LogP contribution >= 0.6 is 0 Å². The molecule has 0 saturated carbocycles. The van der Waals surface area contributed by atoms with Gasteiger partial charge in [0.2, 0.25) is 0 Å². The summed E-state index contributed by atoms with van der Waals surface area (Å²) in [6, 6.07) is 8.90. The standard InChI is InChI=1S/C33H43NO8/c1-32(2,3)42-30(37)34-17-19-39-29(36)33(4,20-35)21-41-31(38)40-18-6-5-8-22-11-12-25-14-13-23-9-7-10-24-15-16-26(22)28(25)27(23)24/h7,10-13,15-16,29,35-36H,5-6,8-9,14,17-21H2,1-4H3,(H,34,37). The number of aliphatic hydroxyl groups excluding tert-OH is 2. The molecule has 228 valence electrons. The topological polar surface area (TPSA) is 124 Å². The molecule has 3 N–H and O–H groups in total. The molecule has 0 fully saturated rings. The molecule has 2 aromatic carbocycles. The SMILES string of the molecule is CC(C)(C)OC(=O)NCCOC(O)C(C)(CO)COC(=O)OCCCCc1ccc2c3c4c(ccc13)C=CCC4=CC2. The largest absolute Gasteiger partial charge is 0.508 e. The van der Waals surface area contributed by atoms with Crippen molar-refractivity contribution in [2.24, 2.45) is 5.41 Å². The van der Waals surface area contributed by atoms with Crippen molar-refractivity contribution >= 4 is 34.7 Å². The minimum absolute atomic E-state index is 0.0319. The number of allylic oxidation sites excluding steroid dienone is 3. The Morgan fingerprint density at radius 1 is 1.02 bits per heavy atom. The van der Waals surface area contributed by atoms with Crippen molar-refractivity contribution in [1.82, 2.24) is 5.32 Å². The van der Waals surface area contributed by atoms with Crippen LogP contribution in [-0.4, -0.2) is 67.3 Å². The molecule has 0 radical (unpaired) electrons. The van der Waals surface area contributed by atoms with Crippen molar-refractivity contribution < 1.29 is 38.7 Å². The van der Waals surface area contributed by atoms with Crippen LogP contribution in [0.5, 0.6) is 0 Å². The molecule has 4 rings (SSSR count). The summed E-state index contributed by atoms with van der Waals surface area (Å²) in [5.41, 5.74) is 4.86. The summed E-state index contributed by atoms with van der Waals surface area (Å²) in [5.74, 6) is 0. The molecule has 2 atom stereocenters. The van der Waals surface area contributed by atoms with Crippen LogP contribution in [0.3, 0.4) is 0 Å². The second-order valence-electron chi connectivity index (χ2n) is 12.2. The van der Waals surface area contributed by atoms with E-state index in [9.17, 15) is 19.8 Å². The van der Waals surface area contributed by atoms with E-state index in [1.165, 1.54) is 45.5 Å². The number of benzene rings is 2. The summed E-state index contributed by atoms with van der Waals surface area (Å²) in [4.78, 5) is 23.9. The van der Waals surface area contributed by atoms with Crippen molar-refractivity contribution in [3.63, 3.8) is 0 Å². The molecule has 0 saturated heterocycles. The van der Waals surface area contributed by atoms with E-state index in [-0.39, 0.29) is 26.4 Å². The maximum atomic E-state index is 12.2. The van der Waals surface area contributed by atoms with Gasteiger partial charge in [-0.1, -0.05) is 42.5 Å². The molecule has 0 bridgehead atoms. The Morgan fingerprint density at radius 3 is 2.60 bits per heavy atom. The van der Waals surface area contributed by atoms with Gasteiger partial charge in [0.15, 0.2) is 6.29 Å². The third-order valence-corrected chi connectivity index (χ3v) is 7.50. The Labute approximate surface area is 247 Å². The number of hydrogen-bond donors (Lipinski definition) is 3. The Morgan fingerprint density at radius 2 is 1.83 bits per heavy atom. The first kappa shape index (κ1) is 31.5. The van der Waals surface area contributed by atoms with Gasteiger partial charge < -0.3 is 34.5 Å². The van der Waals surface area contributed by atoms with Crippen molar-refractivity contribution in [3.05, 3.63) is 58.7 Å². The van der Waals surface area contributed by atoms with Gasteiger partial charge in [-0.3, -0.25) is 0 Å². The van der Waals surface area contributed by atoms with Crippen molar-refractivity contribution in [3.8, 4) is 0 Å². The van der Waals surface area contributed by atoms with E-state index in [0.29, 0.717) is 6.42 Å². The van der Waals surface area contributed by atoms with E-state index >= 15 is 0 Å². The monoisotopic (exact) mass is 581 g/mol. The average molecular weight is 582 g/mol. The smallest absolute Gasteiger partial charge is 0.444 e. The van der Waals surface area contributed by atoms with Gasteiger partial charge in [-0.05, 0) is 98.4 Å². The van der Waals surface area contributed by atoms with Gasteiger partial charge in [-0.2, -0.15) is 0 Å². The van der Waals surface area contributed by atoms with Crippen LogP contribution in [-0.2, 0) is 31.8 Å². The highest BCUT2D eigenvalue weighted by Gasteiger charge is 2.35. The molecule has 1 amide bonds. The van der Waals surface area contributed by atoms with E-state index in [4.69, 9.17) is 18.9 Å². The van der Waals surface area contributed by atoms with Crippen LogP contribution in [0.4, 0.5) is 9.59 Å². The molecule has 2 aliphatic rings. The number of carbonyl (C=O) groups excluding carboxylic acids is 2. The average Bonchev–Trinajstić information content (AvgIpc) is 2.96. The highest BCUT2D eigenvalue weighted by atomic mass is 16.7. The molecular weight excluding hydrogens is 538 g/mol. The molecule has 0 aromatic heterocycles. The fourth-order valence-electron chi connectivity index (χ4n) is 5.17. The fourth-order valence-corrected chi connectivity index (χ4v) is 5.17. The molecule has 0 spiro atoms. The van der Waals surface area contributed by atoms with E-state index in [1.54, 1.807) is 20.8 Å². The normalized spacial score (nSPS) is 15.9. The number of unbranched alkanes of at least 4 members (excludes halogenated alkanes) is 1. The van der Waals surface area contributed by atoms with E-state index in [1.807, 2.05) is 0 Å². The lowest BCUT2D eigenvalue weighted by atomic mass is 9.80. The van der Waals surface area contributed by atoms with Gasteiger partial charge in [0.25, 0.3) is 0 Å². The Bertz CT molecular complexity index is 1340. The molecule has 0 heterocycles. The zero-order valence-electron chi connectivity index (χ0n) is 25.0. The number of aryl methyl sites for hydroxylation is 1. The van der Waals surface area contributed by atoms with Gasteiger partial charge >= 0.3 is 12.2 Å². The van der Waals surface area contributed by atoms with E-state index in [0.717, 1.165) is 25.7 Å². The number of carbonyl (C=O) groups is 2. The fraction of sp³-hybridized carbons (Fsp3) is 0.515. The summed E-state index contributed by atoms with van der Waals surface area (Å²) >= 11 is 0. The summed E-state index contributed by atoms with van der Waals surface area (Å²) in [5, 5.41) is 25.4. The van der Waals surface area contributed by atoms with Crippen LogP contribution < -0.4 is 5.32 Å². The minimum atomic E-state index is -1.44. The first-order chi connectivity index (χ1) is 20.0. The maximum Gasteiger partial charge on any atom is 0.508 e. The third kappa shape index (κ3) is 7.91. The van der Waals surface area contributed by atoms with Crippen LogP contribution in [0.1, 0.15) is 69.2 Å². The number of alkyl carbamates (subject to hydrolysis) is 1. The summed E-state index contributed by atoms with van der Waals surface area (Å²) in [6.07, 6.45) is 8.23. The highest BCUT2D eigenvalue weighted by molar-refractivity contribution is 6.03. The van der Waals surface area contributed by atoms with Gasteiger partial charge in [0.1, 0.15) is 12.2 Å². The Kier molecular flexibility index (Phi) is 10.3. The van der Waals surface area contributed by atoms with Gasteiger partial charge in [-0.15, -0.1) is 0 Å².